The summed E-state index contributed by atoms with van der Waals surface area (Å²) in [6, 6.07) is 0. The van der Waals surface area contributed by atoms with Gasteiger partial charge in [0.15, 0.2) is 0 Å². The van der Waals surface area contributed by atoms with Crippen LogP contribution in [-0.4, -0.2) is 13.1 Å². The molecule has 1 heterocycles. The monoisotopic (exact) mass is 185 g/mol. The average molecular weight is 185 g/mol. The highest BCUT2D eigenvalue weighted by Gasteiger charge is 2.26. The molecule has 0 aromatic heterocycles. The Morgan fingerprint density at radius 2 is 1.62 bits per heavy atom. The average Bonchev–Trinajstić information content (AvgIpc) is 2.31. The van der Waals surface area contributed by atoms with Crippen molar-refractivity contribution in [3.8, 4) is 0 Å². The van der Waals surface area contributed by atoms with E-state index in [9.17, 15) is 0 Å². The molecular formula is C12H27N. The molecule has 0 aromatic rings. The number of nitrogens with one attached hydrogen (secondary N) is 1. The highest BCUT2D eigenvalue weighted by atomic mass is 14.9. The van der Waals surface area contributed by atoms with E-state index in [0.29, 0.717) is 5.41 Å². The first-order valence-corrected chi connectivity index (χ1v) is 5.54. The van der Waals surface area contributed by atoms with Gasteiger partial charge in [-0.1, -0.05) is 41.5 Å². The maximum atomic E-state index is 3.38. The van der Waals surface area contributed by atoms with Gasteiger partial charge in [-0.3, -0.25) is 0 Å². The summed E-state index contributed by atoms with van der Waals surface area (Å²) in [7, 11) is 0. The molecule has 1 N–H and O–H groups in total. The lowest BCUT2D eigenvalue weighted by atomic mass is 9.80. The third-order valence-electron chi connectivity index (χ3n) is 2.29. The minimum atomic E-state index is 0.517. The highest BCUT2D eigenvalue weighted by molar-refractivity contribution is 4.80. The van der Waals surface area contributed by atoms with Gasteiger partial charge in [-0.05, 0) is 36.8 Å². The molecule has 1 atom stereocenters. The molecule has 0 aromatic carbocycles. The van der Waals surface area contributed by atoms with Crippen LogP contribution in [0.25, 0.3) is 0 Å². The second-order valence-electron chi connectivity index (χ2n) is 5.79. The van der Waals surface area contributed by atoms with Crippen LogP contribution in [0.4, 0.5) is 0 Å². The molecule has 0 radical (unpaired) electrons. The van der Waals surface area contributed by atoms with Crippen LogP contribution in [0.1, 0.15) is 48.0 Å². The van der Waals surface area contributed by atoms with Gasteiger partial charge in [-0.2, -0.15) is 0 Å². The Balaban J connectivity index is 0.000000310. The zero-order valence-electron chi connectivity index (χ0n) is 10.3. The molecule has 1 saturated heterocycles. The number of rotatable bonds is 0. The molecule has 1 aliphatic rings. The van der Waals surface area contributed by atoms with Gasteiger partial charge in [0.05, 0.1) is 0 Å². The molecule has 1 heteroatoms. The van der Waals surface area contributed by atoms with Crippen LogP contribution in [0, 0.1) is 17.3 Å². The van der Waals surface area contributed by atoms with E-state index in [0.717, 1.165) is 11.8 Å². The summed E-state index contributed by atoms with van der Waals surface area (Å²) in [5.74, 6) is 1.73. The van der Waals surface area contributed by atoms with Crippen LogP contribution >= 0.6 is 0 Å². The molecule has 1 unspecified atom stereocenters. The third kappa shape index (κ3) is 7.06. The van der Waals surface area contributed by atoms with Gasteiger partial charge in [0.25, 0.3) is 0 Å². The van der Waals surface area contributed by atoms with Crippen LogP contribution < -0.4 is 5.32 Å². The first kappa shape index (κ1) is 13.0. The number of hydrogen-bond acceptors (Lipinski definition) is 1. The SMILES string of the molecule is CC(C)(C)C1CCNC1.CC(C)C. The summed E-state index contributed by atoms with van der Waals surface area (Å²) < 4.78 is 0. The fourth-order valence-electron chi connectivity index (χ4n) is 1.39. The summed E-state index contributed by atoms with van der Waals surface area (Å²) in [5.41, 5.74) is 0.517. The van der Waals surface area contributed by atoms with E-state index in [1.165, 1.54) is 19.5 Å². The van der Waals surface area contributed by atoms with Crippen LogP contribution in [0.2, 0.25) is 0 Å². The Morgan fingerprint density at radius 3 is 1.77 bits per heavy atom. The van der Waals surface area contributed by atoms with E-state index < -0.39 is 0 Å². The molecule has 0 saturated carbocycles. The summed E-state index contributed by atoms with van der Waals surface area (Å²) in [6.07, 6.45) is 1.36. The van der Waals surface area contributed by atoms with Gasteiger partial charge in [0.2, 0.25) is 0 Å². The predicted octanol–water partition coefficient (Wildman–Crippen LogP) is 3.30. The largest absolute Gasteiger partial charge is 0.316 e. The quantitative estimate of drug-likeness (QED) is 0.610. The zero-order chi connectivity index (χ0) is 10.5. The van der Waals surface area contributed by atoms with E-state index in [4.69, 9.17) is 0 Å². The predicted molar refractivity (Wildman–Crippen MR) is 60.9 cm³/mol. The molecule has 0 amide bonds. The lowest BCUT2D eigenvalue weighted by Crippen LogP contribution is -2.22. The topological polar surface area (TPSA) is 12.0 Å². The van der Waals surface area contributed by atoms with E-state index in [2.05, 4.69) is 46.9 Å². The third-order valence-corrected chi connectivity index (χ3v) is 2.29. The van der Waals surface area contributed by atoms with Crippen molar-refractivity contribution >= 4 is 0 Å². The van der Waals surface area contributed by atoms with Crippen LogP contribution in [0.3, 0.4) is 0 Å². The Bertz CT molecular complexity index is 113. The van der Waals surface area contributed by atoms with Crippen LogP contribution in [-0.2, 0) is 0 Å². The second kappa shape index (κ2) is 5.64. The van der Waals surface area contributed by atoms with Gasteiger partial charge < -0.3 is 5.32 Å². The molecule has 1 fully saturated rings. The molecule has 0 aliphatic carbocycles. The van der Waals surface area contributed by atoms with Gasteiger partial charge in [-0.25, -0.2) is 0 Å². The molecule has 1 rings (SSSR count). The Labute approximate surface area is 84.3 Å². The summed E-state index contributed by atoms with van der Waals surface area (Å²) in [4.78, 5) is 0. The van der Waals surface area contributed by atoms with E-state index in [-0.39, 0.29) is 0 Å². The Hall–Kier alpha value is -0.0400. The lowest BCUT2D eigenvalue weighted by molar-refractivity contribution is 0.261. The van der Waals surface area contributed by atoms with Crippen molar-refractivity contribution in [1.29, 1.82) is 0 Å². The fraction of sp³-hybridized carbons (Fsp3) is 1.00. The second-order valence-corrected chi connectivity index (χ2v) is 5.79. The minimum absolute atomic E-state index is 0.517. The number of hydrogen-bond donors (Lipinski definition) is 1. The lowest BCUT2D eigenvalue weighted by Gasteiger charge is -2.25. The first-order valence-electron chi connectivity index (χ1n) is 5.54. The standard InChI is InChI=1S/C8H17N.C4H10/c1-8(2,3)7-4-5-9-6-7;1-4(2)3/h7,9H,4-6H2,1-3H3;4H,1-3H3. The molecule has 0 spiro atoms. The van der Waals surface area contributed by atoms with Crippen molar-refractivity contribution in [3.05, 3.63) is 0 Å². The Kier molecular flexibility index (Phi) is 5.62. The van der Waals surface area contributed by atoms with Gasteiger partial charge in [-0.15, -0.1) is 0 Å². The van der Waals surface area contributed by atoms with E-state index in [1.54, 1.807) is 0 Å². The maximum Gasteiger partial charge on any atom is -0.00150 e. The summed E-state index contributed by atoms with van der Waals surface area (Å²) in [5, 5.41) is 3.38. The normalized spacial score (nSPS) is 22.8. The van der Waals surface area contributed by atoms with Gasteiger partial charge in [0, 0.05) is 0 Å². The maximum absolute atomic E-state index is 3.38. The molecule has 13 heavy (non-hydrogen) atoms. The first-order chi connectivity index (χ1) is 5.84. The van der Waals surface area contributed by atoms with Crippen molar-refractivity contribution in [2.75, 3.05) is 13.1 Å². The van der Waals surface area contributed by atoms with Gasteiger partial charge >= 0.3 is 0 Å². The van der Waals surface area contributed by atoms with E-state index >= 15 is 0 Å². The summed E-state index contributed by atoms with van der Waals surface area (Å²) in [6.45, 7) is 15.9. The minimum Gasteiger partial charge on any atom is -0.316 e. The molecule has 0 bridgehead atoms. The zero-order valence-corrected chi connectivity index (χ0v) is 10.3. The smallest absolute Gasteiger partial charge is 0.00150 e. The highest BCUT2D eigenvalue weighted by Crippen LogP contribution is 2.29. The van der Waals surface area contributed by atoms with Crippen molar-refractivity contribution in [3.63, 3.8) is 0 Å². The molecule has 80 valence electrons. The fourth-order valence-corrected chi connectivity index (χ4v) is 1.39. The van der Waals surface area contributed by atoms with Crippen LogP contribution in [0.15, 0.2) is 0 Å². The van der Waals surface area contributed by atoms with Gasteiger partial charge in [0.1, 0.15) is 0 Å². The van der Waals surface area contributed by atoms with Crippen molar-refractivity contribution in [2.24, 2.45) is 17.3 Å². The van der Waals surface area contributed by atoms with Crippen molar-refractivity contribution in [1.82, 2.24) is 5.32 Å². The molecule has 1 nitrogen and oxygen atoms in total. The summed E-state index contributed by atoms with van der Waals surface area (Å²) >= 11 is 0. The Morgan fingerprint density at radius 1 is 1.15 bits per heavy atom. The van der Waals surface area contributed by atoms with Crippen LogP contribution in [0.5, 0.6) is 0 Å². The van der Waals surface area contributed by atoms with Crippen molar-refractivity contribution in [2.45, 2.75) is 48.0 Å². The van der Waals surface area contributed by atoms with Crippen molar-refractivity contribution < 1.29 is 0 Å². The molecule has 1 aliphatic heterocycles. The van der Waals surface area contributed by atoms with E-state index in [1.807, 2.05) is 0 Å². The molecular weight excluding hydrogens is 158 g/mol.